The summed E-state index contributed by atoms with van der Waals surface area (Å²) in [5, 5.41) is 20.8. The van der Waals surface area contributed by atoms with Crippen molar-refractivity contribution < 1.29 is 19.7 Å². The molecule has 2 fully saturated rings. The number of methoxy groups -OCH3 is 1. The van der Waals surface area contributed by atoms with Crippen molar-refractivity contribution in [2.75, 3.05) is 40.0 Å². The number of carbonyl (C=O) groups excluding carboxylic acids is 1. The maximum atomic E-state index is 12.6. The number of aliphatic hydroxyl groups is 2. The molecule has 2 unspecified atom stereocenters. The van der Waals surface area contributed by atoms with Gasteiger partial charge in [-0.1, -0.05) is 29.3 Å². The van der Waals surface area contributed by atoms with Gasteiger partial charge in [0, 0.05) is 37.2 Å². The summed E-state index contributed by atoms with van der Waals surface area (Å²) >= 11 is 12.5. The van der Waals surface area contributed by atoms with Gasteiger partial charge in [-0.05, 0) is 18.4 Å². The molecule has 0 aromatic rings. The van der Waals surface area contributed by atoms with Gasteiger partial charge in [0.15, 0.2) is 0 Å². The molecule has 2 aliphatic heterocycles. The van der Waals surface area contributed by atoms with Crippen LogP contribution in [0.5, 0.6) is 0 Å². The largest absolute Gasteiger partial charge is 0.395 e. The molecule has 0 spiro atoms. The van der Waals surface area contributed by atoms with Crippen LogP contribution in [0.15, 0.2) is 22.2 Å². The minimum Gasteiger partial charge on any atom is -0.395 e. The van der Waals surface area contributed by atoms with Crippen molar-refractivity contribution >= 4 is 29.1 Å². The lowest BCUT2D eigenvalue weighted by molar-refractivity contribution is -0.140. The molecule has 5 atom stereocenters. The maximum Gasteiger partial charge on any atom is 0.237 e. The van der Waals surface area contributed by atoms with Crippen molar-refractivity contribution in [1.29, 1.82) is 0 Å². The molecule has 1 amide bonds. The zero-order valence-electron chi connectivity index (χ0n) is 14.1. The summed E-state index contributed by atoms with van der Waals surface area (Å²) in [6.07, 6.45) is 3.34. The van der Waals surface area contributed by atoms with Crippen molar-refractivity contribution in [3.8, 4) is 0 Å². The van der Waals surface area contributed by atoms with Crippen LogP contribution in [0.3, 0.4) is 0 Å². The Kier molecular flexibility index (Phi) is 6.08. The predicted molar refractivity (Wildman–Crippen MR) is 95.3 cm³/mol. The number of aliphatic hydroxyl groups excluding tert-OH is 2. The third kappa shape index (κ3) is 3.75. The van der Waals surface area contributed by atoms with E-state index >= 15 is 0 Å². The quantitative estimate of drug-likeness (QED) is 0.724. The zero-order valence-corrected chi connectivity index (χ0v) is 15.7. The van der Waals surface area contributed by atoms with E-state index in [9.17, 15) is 15.0 Å². The van der Waals surface area contributed by atoms with Gasteiger partial charge in [0.05, 0.1) is 36.9 Å². The smallest absolute Gasteiger partial charge is 0.237 e. The summed E-state index contributed by atoms with van der Waals surface area (Å²) in [6.45, 7) is 1.87. The summed E-state index contributed by atoms with van der Waals surface area (Å²) < 4.78 is 5.15. The van der Waals surface area contributed by atoms with Gasteiger partial charge in [0.2, 0.25) is 5.91 Å². The van der Waals surface area contributed by atoms with E-state index in [1.807, 2.05) is 9.80 Å². The van der Waals surface area contributed by atoms with E-state index in [0.29, 0.717) is 29.8 Å². The standard InChI is InChI=1S/C17H24Cl2N2O4/c1-25-9-12(8-22)20-6-11-4-10(5-21(11)15(24)7-20)16-14(23)3-2-13(18)17(16)19/h2-3,10-12,14,16,22-23H,4-9H2,1H3/t10-,11-,12+,14?,16?/m0/s1. The molecule has 0 aromatic carbocycles. The van der Waals surface area contributed by atoms with Gasteiger partial charge in [-0.25, -0.2) is 0 Å². The fraction of sp³-hybridized carbons (Fsp3) is 0.706. The highest BCUT2D eigenvalue weighted by Crippen LogP contribution is 2.42. The van der Waals surface area contributed by atoms with Gasteiger partial charge in [0.25, 0.3) is 0 Å². The average molecular weight is 391 g/mol. The van der Waals surface area contributed by atoms with Gasteiger partial charge in [0.1, 0.15) is 0 Å². The summed E-state index contributed by atoms with van der Waals surface area (Å²) in [4.78, 5) is 16.4. The highest BCUT2D eigenvalue weighted by Gasteiger charge is 2.46. The molecule has 2 N–H and O–H groups in total. The van der Waals surface area contributed by atoms with Crippen LogP contribution in [0.1, 0.15) is 6.42 Å². The first-order chi connectivity index (χ1) is 12.0. The molecular formula is C17H24Cl2N2O4. The highest BCUT2D eigenvalue weighted by molar-refractivity contribution is 6.40. The van der Waals surface area contributed by atoms with Crippen molar-refractivity contribution in [2.24, 2.45) is 11.8 Å². The van der Waals surface area contributed by atoms with Gasteiger partial charge in [-0.3, -0.25) is 9.69 Å². The van der Waals surface area contributed by atoms with Crippen LogP contribution in [-0.2, 0) is 9.53 Å². The average Bonchev–Trinajstić information content (AvgIpc) is 3.00. The van der Waals surface area contributed by atoms with Gasteiger partial charge in [-0.2, -0.15) is 0 Å². The molecule has 1 aliphatic carbocycles. The van der Waals surface area contributed by atoms with E-state index in [4.69, 9.17) is 27.9 Å². The minimum absolute atomic E-state index is 0.0420. The van der Waals surface area contributed by atoms with E-state index < -0.39 is 6.10 Å². The van der Waals surface area contributed by atoms with Crippen LogP contribution in [-0.4, -0.2) is 84.1 Å². The van der Waals surface area contributed by atoms with Gasteiger partial charge in [-0.15, -0.1) is 0 Å². The normalized spacial score (nSPS) is 34.6. The zero-order chi connectivity index (χ0) is 18.1. The third-order valence-electron chi connectivity index (χ3n) is 5.47. The van der Waals surface area contributed by atoms with E-state index in [-0.39, 0.29) is 43.0 Å². The molecule has 0 saturated carbocycles. The van der Waals surface area contributed by atoms with Crippen molar-refractivity contribution in [3.05, 3.63) is 22.2 Å². The van der Waals surface area contributed by atoms with E-state index in [1.165, 1.54) is 0 Å². The Balaban J connectivity index is 1.73. The number of fused-ring (bicyclic) bond motifs is 1. The van der Waals surface area contributed by atoms with E-state index in [2.05, 4.69) is 0 Å². The first-order valence-electron chi connectivity index (χ1n) is 8.51. The van der Waals surface area contributed by atoms with Crippen molar-refractivity contribution in [1.82, 2.24) is 9.80 Å². The SMILES string of the molecule is COC[C@@H](CO)N1CC(=O)N2C[C@@H](C3C(Cl)=C(Cl)C=CC3O)C[C@H]2C1. The van der Waals surface area contributed by atoms with Crippen LogP contribution < -0.4 is 0 Å². The Bertz CT molecular complexity index is 583. The molecule has 0 bridgehead atoms. The van der Waals surface area contributed by atoms with Crippen LogP contribution in [0.2, 0.25) is 0 Å². The molecule has 8 heteroatoms. The molecule has 0 aromatic heterocycles. The number of halogens is 2. The lowest BCUT2D eigenvalue weighted by Crippen LogP contribution is -2.58. The molecule has 6 nitrogen and oxygen atoms in total. The Morgan fingerprint density at radius 1 is 1.40 bits per heavy atom. The Hall–Kier alpha value is -0.630. The second-order valence-electron chi connectivity index (χ2n) is 6.99. The fourth-order valence-electron chi connectivity index (χ4n) is 4.21. The Morgan fingerprint density at radius 3 is 2.84 bits per heavy atom. The fourth-order valence-corrected chi connectivity index (χ4v) is 4.78. The summed E-state index contributed by atoms with van der Waals surface area (Å²) in [6, 6.07) is -0.130. The number of carbonyl (C=O) groups is 1. The third-order valence-corrected chi connectivity index (χ3v) is 6.36. The Morgan fingerprint density at radius 2 is 2.16 bits per heavy atom. The molecule has 0 radical (unpaired) electrons. The second-order valence-corrected chi connectivity index (χ2v) is 7.80. The topological polar surface area (TPSA) is 73.2 Å². The maximum absolute atomic E-state index is 12.6. The molecule has 2 heterocycles. The molecule has 3 aliphatic rings. The molecule has 2 saturated heterocycles. The lowest BCUT2D eigenvalue weighted by Gasteiger charge is -2.40. The lowest BCUT2D eigenvalue weighted by atomic mass is 9.83. The highest BCUT2D eigenvalue weighted by atomic mass is 35.5. The van der Waals surface area contributed by atoms with E-state index in [0.717, 1.165) is 6.42 Å². The molecular weight excluding hydrogens is 367 g/mol. The van der Waals surface area contributed by atoms with Crippen molar-refractivity contribution in [2.45, 2.75) is 24.6 Å². The van der Waals surface area contributed by atoms with Crippen LogP contribution in [0.25, 0.3) is 0 Å². The number of piperazine rings is 1. The monoisotopic (exact) mass is 390 g/mol. The number of hydrogen-bond donors (Lipinski definition) is 2. The van der Waals surface area contributed by atoms with Crippen LogP contribution in [0.4, 0.5) is 0 Å². The van der Waals surface area contributed by atoms with Crippen LogP contribution >= 0.6 is 23.2 Å². The summed E-state index contributed by atoms with van der Waals surface area (Å²) in [7, 11) is 1.59. The number of amides is 1. The number of hydrogen-bond acceptors (Lipinski definition) is 5. The first kappa shape index (κ1) is 19.1. The summed E-state index contributed by atoms with van der Waals surface area (Å²) in [5.41, 5.74) is 0. The molecule has 140 valence electrons. The first-order valence-corrected chi connectivity index (χ1v) is 9.26. The Labute approximate surface area is 157 Å². The molecule has 25 heavy (non-hydrogen) atoms. The van der Waals surface area contributed by atoms with E-state index in [1.54, 1.807) is 19.3 Å². The number of nitrogens with zero attached hydrogens (tertiary/aromatic N) is 2. The number of ether oxygens (including phenoxy) is 1. The van der Waals surface area contributed by atoms with Gasteiger partial charge >= 0.3 is 0 Å². The minimum atomic E-state index is -0.689. The van der Waals surface area contributed by atoms with Crippen molar-refractivity contribution in [3.63, 3.8) is 0 Å². The second kappa shape index (κ2) is 7.94. The summed E-state index contributed by atoms with van der Waals surface area (Å²) in [5.74, 6) is -0.177. The van der Waals surface area contributed by atoms with Crippen LogP contribution in [0, 0.1) is 11.8 Å². The number of allylic oxidation sites excluding steroid dienone is 2. The molecule has 3 rings (SSSR count). The predicted octanol–water partition coefficient (Wildman–Crippen LogP) is 0.762. The van der Waals surface area contributed by atoms with Gasteiger partial charge < -0.3 is 19.8 Å². The number of rotatable bonds is 5.